The zero-order valence-electron chi connectivity index (χ0n) is 12.8. The second-order valence-corrected chi connectivity index (χ2v) is 7.42. The highest BCUT2D eigenvalue weighted by Crippen LogP contribution is 3.02. The van der Waals surface area contributed by atoms with Crippen LogP contribution in [0.4, 0.5) is 38.3 Å². The van der Waals surface area contributed by atoms with E-state index in [4.69, 9.17) is 0 Å². The van der Waals surface area contributed by atoms with Gasteiger partial charge in [0.25, 0.3) is 0 Å². The van der Waals surface area contributed by atoms with Crippen LogP contribution >= 0.6 is 10.2 Å². The quantitative estimate of drug-likeness (QED) is 0.417. The largest absolute Gasteiger partial charge is 0.471 e. The van der Waals surface area contributed by atoms with E-state index >= 15 is 0 Å². The van der Waals surface area contributed by atoms with Gasteiger partial charge in [0.2, 0.25) is 0 Å². The van der Waals surface area contributed by atoms with Crippen molar-refractivity contribution < 1.29 is 42.2 Å². The number of amides is 1. The van der Waals surface area contributed by atoms with Crippen molar-refractivity contribution in [2.45, 2.75) is 24.3 Å². The molecular formula is C12H12BF8NO2S. The van der Waals surface area contributed by atoms with Gasteiger partial charge < -0.3 is 4.90 Å². The van der Waals surface area contributed by atoms with Crippen LogP contribution in [-0.4, -0.2) is 32.3 Å². The van der Waals surface area contributed by atoms with E-state index in [0.29, 0.717) is 6.07 Å². The number of hydrogen-bond acceptors (Lipinski definition) is 2. The molecule has 0 saturated carbocycles. The van der Waals surface area contributed by atoms with Gasteiger partial charge in [-0.2, -0.15) is 13.2 Å². The number of carbonyl (C=O) groups excluding carboxylic acids is 2. The van der Waals surface area contributed by atoms with E-state index < -0.39 is 50.8 Å². The molecule has 0 atom stereocenters. The van der Waals surface area contributed by atoms with Gasteiger partial charge >= 0.3 is 22.3 Å². The summed E-state index contributed by atoms with van der Waals surface area (Å²) < 4.78 is 103. The molecule has 0 unspecified atom stereocenters. The lowest BCUT2D eigenvalue weighted by atomic mass is 9.95. The number of ketones is 1. The van der Waals surface area contributed by atoms with Crippen LogP contribution in [0.25, 0.3) is 0 Å². The molecule has 0 heterocycles. The fraction of sp³-hybridized carbons (Fsp3) is 0.333. The summed E-state index contributed by atoms with van der Waals surface area (Å²) in [6, 6.07) is 0.163. The molecule has 1 aromatic rings. The van der Waals surface area contributed by atoms with E-state index in [9.17, 15) is 42.2 Å². The monoisotopic (exact) mass is 397 g/mol. The first-order chi connectivity index (χ1) is 10.9. The highest BCUT2D eigenvalue weighted by Gasteiger charge is 2.65. The number of hydrogen-bond donors (Lipinski definition) is 0. The Balaban J connectivity index is 3.72. The maximum absolute atomic E-state index is 13.0. The minimum Gasteiger partial charge on any atom is -0.305 e. The Labute approximate surface area is 138 Å². The van der Waals surface area contributed by atoms with Crippen LogP contribution in [0.5, 0.6) is 0 Å². The Kier molecular flexibility index (Phi) is 4.77. The minimum atomic E-state index is -10.3. The Morgan fingerprint density at radius 2 is 1.60 bits per heavy atom. The van der Waals surface area contributed by atoms with E-state index in [0.717, 1.165) is 6.92 Å². The third-order valence-electron chi connectivity index (χ3n) is 3.10. The molecule has 0 saturated heterocycles. The van der Waals surface area contributed by atoms with Crippen molar-refractivity contribution in [3.05, 3.63) is 23.8 Å². The average Bonchev–Trinajstić information content (AvgIpc) is 2.43. The minimum absolute atomic E-state index is 0.122. The predicted octanol–water partition coefficient (Wildman–Crippen LogP) is 4.49. The van der Waals surface area contributed by atoms with E-state index in [2.05, 4.69) is 0 Å². The number of nitrogens with zero attached hydrogens (tertiary/aromatic N) is 1. The summed E-state index contributed by atoms with van der Waals surface area (Å²) >= 11 is 0. The molecule has 13 heteroatoms. The lowest BCUT2D eigenvalue weighted by molar-refractivity contribution is -0.170. The van der Waals surface area contributed by atoms with Crippen LogP contribution in [0.2, 0.25) is 6.32 Å². The fourth-order valence-corrected chi connectivity index (χ4v) is 2.62. The highest BCUT2D eigenvalue weighted by molar-refractivity contribution is 8.45. The molecule has 142 valence electrons. The first-order valence-electron chi connectivity index (χ1n) is 6.71. The smallest absolute Gasteiger partial charge is 0.305 e. The van der Waals surface area contributed by atoms with Gasteiger partial charge in [0.1, 0.15) is 12.7 Å². The summed E-state index contributed by atoms with van der Waals surface area (Å²) in [6.45, 7) is 0.263. The number of benzene rings is 1. The number of anilines is 1. The zero-order valence-corrected chi connectivity index (χ0v) is 13.7. The van der Waals surface area contributed by atoms with Crippen molar-refractivity contribution in [1.29, 1.82) is 0 Å². The standard InChI is InChI=1S/C12H12BF8NO2S/c1-2-22(11(24)12(14,15)16)8-3-7(10(23)6-13)4-9(5-8)25(17,18,19,20)21/h3-5H,2,6,13H2,1H3. The van der Waals surface area contributed by atoms with Crippen LogP contribution in [-0.2, 0) is 4.79 Å². The molecule has 0 aliphatic rings. The summed E-state index contributed by atoms with van der Waals surface area (Å²) in [4.78, 5) is 20.2. The van der Waals surface area contributed by atoms with Crippen molar-refractivity contribution in [3.63, 3.8) is 0 Å². The van der Waals surface area contributed by atoms with Gasteiger partial charge in [0.05, 0.1) is 0 Å². The van der Waals surface area contributed by atoms with Crippen LogP contribution in [0.1, 0.15) is 17.3 Å². The molecule has 0 bridgehead atoms. The van der Waals surface area contributed by atoms with Gasteiger partial charge in [-0.1, -0.05) is 19.4 Å². The predicted molar refractivity (Wildman–Crippen MR) is 79.6 cm³/mol. The van der Waals surface area contributed by atoms with E-state index in [1.54, 1.807) is 0 Å². The van der Waals surface area contributed by atoms with E-state index in [1.165, 1.54) is 7.85 Å². The van der Waals surface area contributed by atoms with Crippen LogP contribution < -0.4 is 4.90 Å². The molecule has 1 rings (SSSR count). The zero-order chi connectivity index (χ0) is 19.9. The first-order valence-corrected chi connectivity index (χ1v) is 8.67. The molecule has 3 nitrogen and oxygen atoms in total. The summed E-state index contributed by atoms with van der Waals surface area (Å²) in [6.07, 6.45) is -5.81. The van der Waals surface area contributed by atoms with E-state index in [-0.39, 0.29) is 23.4 Å². The van der Waals surface area contributed by atoms with Crippen molar-refractivity contribution >= 4 is 35.4 Å². The topological polar surface area (TPSA) is 37.4 Å². The number of Topliss-reactive ketones (excluding diaryl/α,β-unsaturated/α-hetero) is 1. The molecule has 0 aliphatic heterocycles. The molecule has 0 radical (unpaired) electrons. The Hall–Kier alpha value is -1.79. The molecular weight excluding hydrogens is 385 g/mol. The Morgan fingerprint density at radius 3 is 1.96 bits per heavy atom. The Bertz CT molecular complexity index is 716. The lowest BCUT2D eigenvalue weighted by Crippen LogP contribution is -2.41. The molecule has 1 aromatic carbocycles. The molecule has 0 spiro atoms. The van der Waals surface area contributed by atoms with Gasteiger partial charge in [0.15, 0.2) is 5.78 Å². The molecule has 0 N–H and O–H groups in total. The van der Waals surface area contributed by atoms with Crippen LogP contribution in [0.15, 0.2) is 23.1 Å². The van der Waals surface area contributed by atoms with Gasteiger partial charge in [-0.3, -0.25) is 9.59 Å². The third kappa shape index (κ3) is 5.09. The van der Waals surface area contributed by atoms with Gasteiger partial charge in [0, 0.05) is 17.8 Å². The summed E-state index contributed by atoms with van der Waals surface area (Å²) in [5.74, 6) is -3.54. The van der Waals surface area contributed by atoms with Crippen LogP contribution in [0.3, 0.4) is 0 Å². The number of halogens is 8. The molecule has 0 fully saturated rings. The van der Waals surface area contributed by atoms with E-state index in [1.807, 2.05) is 0 Å². The molecule has 25 heavy (non-hydrogen) atoms. The number of alkyl halides is 3. The number of carbonyl (C=O) groups is 2. The highest BCUT2D eigenvalue weighted by atomic mass is 32.5. The maximum atomic E-state index is 13.0. The summed E-state index contributed by atoms with van der Waals surface area (Å²) in [5.41, 5.74) is -1.95. The first kappa shape index (κ1) is 21.3. The lowest BCUT2D eigenvalue weighted by Gasteiger charge is -2.41. The summed E-state index contributed by atoms with van der Waals surface area (Å²) in [7, 11) is -9.06. The summed E-state index contributed by atoms with van der Waals surface area (Å²) in [5, 5.41) is 0. The molecule has 1 amide bonds. The van der Waals surface area contributed by atoms with Gasteiger partial charge in [-0.05, 0) is 31.4 Å². The van der Waals surface area contributed by atoms with Crippen LogP contribution in [0, 0.1) is 0 Å². The van der Waals surface area contributed by atoms with Gasteiger partial charge in [-0.25, -0.2) is 0 Å². The van der Waals surface area contributed by atoms with Crippen molar-refractivity contribution in [3.8, 4) is 0 Å². The number of rotatable bonds is 5. The second kappa shape index (κ2) is 5.61. The molecule has 0 aromatic heterocycles. The third-order valence-corrected chi connectivity index (χ3v) is 4.22. The second-order valence-electron chi connectivity index (χ2n) is 5.01. The molecule has 0 aliphatic carbocycles. The normalized spacial score (nSPS) is 15.2. The van der Waals surface area contributed by atoms with Gasteiger partial charge in [-0.15, -0.1) is 0 Å². The van der Waals surface area contributed by atoms with Crippen molar-refractivity contribution in [2.24, 2.45) is 0 Å². The average molecular weight is 397 g/mol. The SMILES string of the molecule is BCC(=O)c1cc(N(CC)C(=O)C(F)(F)F)cc(S(F)(F)(F)(F)F)c1. The maximum Gasteiger partial charge on any atom is 0.471 e. The van der Waals surface area contributed by atoms with Crippen molar-refractivity contribution in [1.82, 2.24) is 0 Å². The Morgan fingerprint density at radius 1 is 1.08 bits per heavy atom. The fourth-order valence-electron chi connectivity index (χ4n) is 1.92. The van der Waals surface area contributed by atoms with Crippen molar-refractivity contribution in [2.75, 3.05) is 11.4 Å².